The van der Waals surface area contributed by atoms with Gasteiger partial charge in [-0.05, 0) is 46.4 Å². The normalized spacial score (nSPS) is 22.3. The van der Waals surface area contributed by atoms with Crippen molar-refractivity contribution in [2.45, 2.75) is 51.1 Å². The van der Waals surface area contributed by atoms with Crippen molar-refractivity contribution in [3.8, 4) is 0 Å². The van der Waals surface area contributed by atoms with Crippen molar-refractivity contribution in [1.82, 2.24) is 0 Å². The van der Waals surface area contributed by atoms with E-state index in [1.807, 2.05) is 0 Å². The highest BCUT2D eigenvalue weighted by Crippen LogP contribution is 2.44. The van der Waals surface area contributed by atoms with E-state index in [2.05, 4.69) is 80.3 Å². The highest BCUT2D eigenvalue weighted by Gasteiger charge is 2.53. The molecular weight excluding hydrogens is 336 g/mol. The zero-order chi connectivity index (χ0) is 17.5. The minimum absolute atomic E-state index is 0.374. The van der Waals surface area contributed by atoms with Crippen LogP contribution < -0.4 is 10.4 Å². The van der Waals surface area contributed by atoms with Gasteiger partial charge in [0.1, 0.15) is 0 Å². The number of hydrogen-bond acceptors (Lipinski definition) is 1. The zero-order valence-corrected chi connectivity index (χ0v) is 17.6. The summed E-state index contributed by atoms with van der Waals surface area (Å²) in [6.45, 7) is 7.49. The second-order valence-corrected chi connectivity index (χ2v) is 17.5. The molecule has 1 heterocycles. The Morgan fingerprint density at radius 3 is 2.00 bits per heavy atom. The summed E-state index contributed by atoms with van der Waals surface area (Å²) >= 11 is 0. The van der Waals surface area contributed by atoms with E-state index < -0.39 is 16.4 Å². The topological polar surface area (TPSA) is 9.23 Å². The van der Waals surface area contributed by atoms with Crippen molar-refractivity contribution in [3.63, 3.8) is 0 Å². The van der Waals surface area contributed by atoms with Crippen LogP contribution in [0.3, 0.4) is 0 Å². The first kappa shape index (κ1) is 17.0. The van der Waals surface area contributed by atoms with Gasteiger partial charge in [0.2, 0.25) is 0 Å². The fourth-order valence-corrected chi connectivity index (χ4v) is 12.6. The molecule has 1 aliphatic heterocycles. The summed E-state index contributed by atoms with van der Waals surface area (Å²) in [5.41, 5.74) is 1.67. The Labute approximate surface area is 153 Å². The first-order chi connectivity index (χ1) is 12.0. The van der Waals surface area contributed by atoms with E-state index in [0.717, 1.165) is 0 Å². The van der Waals surface area contributed by atoms with Crippen LogP contribution in [-0.2, 0) is 4.43 Å². The maximum Gasteiger partial charge on any atom is 0.284 e. The van der Waals surface area contributed by atoms with Crippen molar-refractivity contribution in [2.75, 3.05) is 0 Å². The summed E-state index contributed by atoms with van der Waals surface area (Å²) in [6.07, 6.45) is 4.12. The first-order valence-corrected chi connectivity index (χ1v) is 15.1. The molecule has 1 nitrogen and oxygen atoms in total. The van der Waals surface area contributed by atoms with Gasteiger partial charge < -0.3 is 4.43 Å². The van der Waals surface area contributed by atoms with Gasteiger partial charge in [-0.15, -0.1) is 0 Å². The summed E-state index contributed by atoms with van der Waals surface area (Å²) in [4.78, 5) is 0. The molecule has 3 heteroatoms. The Morgan fingerprint density at radius 1 is 0.920 bits per heavy atom. The van der Waals surface area contributed by atoms with Crippen LogP contribution in [-0.4, -0.2) is 22.5 Å². The summed E-state index contributed by atoms with van der Waals surface area (Å²) in [7, 11) is -3.55. The molecule has 2 aromatic rings. The predicted octanol–water partition coefficient (Wildman–Crippen LogP) is 4.50. The maximum atomic E-state index is 7.09. The van der Waals surface area contributed by atoms with E-state index in [0.29, 0.717) is 6.10 Å². The molecule has 4 rings (SSSR count). The van der Waals surface area contributed by atoms with Crippen LogP contribution in [0.4, 0.5) is 0 Å². The third-order valence-corrected chi connectivity index (χ3v) is 11.5. The molecule has 2 aromatic carbocycles. The largest absolute Gasteiger partial charge is 0.398 e. The number of rotatable bonds is 4. The number of hydrogen-bond donors (Lipinski definition) is 0. The van der Waals surface area contributed by atoms with Crippen LogP contribution >= 0.6 is 0 Å². The second-order valence-electron chi connectivity index (χ2n) is 8.65. The summed E-state index contributed by atoms with van der Waals surface area (Å²) < 4.78 is 7.09. The third-order valence-electron chi connectivity index (χ3n) is 5.50. The number of benzene rings is 2. The molecule has 0 aromatic heterocycles. The molecule has 0 radical (unpaired) electrons. The molecule has 1 atom stereocenters. The fourth-order valence-electron chi connectivity index (χ4n) is 4.56. The van der Waals surface area contributed by atoms with Crippen LogP contribution in [0, 0.1) is 0 Å². The summed E-state index contributed by atoms with van der Waals surface area (Å²) in [6, 6.07) is 23.5. The standard InChI is InChI=1S/C22H28OSi2/c1-24(2,3)17-22-20-15-10-16-21(20)23-25(22,18-11-6-4-7-12-18)19-13-8-5-9-14-19/h4-9,11-14,21H,10,15-17H2,1-3H3. The Hall–Kier alpha value is -1.43. The average molecular weight is 365 g/mol. The SMILES string of the molecule is C[Si](C)(C)CC1=C2CCCC2O[Si]1(c1ccccc1)c1ccccc1. The highest BCUT2D eigenvalue weighted by atomic mass is 28.4. The highest BCUT2D eigenvalue weighted by molar-refractivity contribution is 7.04. The first-order valence-electron chi connectivity index (χ1n) is 9.52. The van der Waals surface area contributed by atoms with Gasteiger partial charge >= 0.3 is 0 Å². The molecule has 1 unspecified atom stereocenters. The van der Waals surface area contributed by atoms with Crippen molar-refractivity contribution in [2.24, 2.45) is 0 Å². The minimum atomic E-state index is -2.31. The maximum absolute atomic E-state index is 7.09. The Kier molecular flexibility index (Phi) is 4.34. The third kappa shape index (κ3) is 2.99. The average Bonchev–Trinajstić information content (AvgIpc) is 3.17. The van der Waals surface area contributed by atoms with E-state index in [1.165, 1.54) is 35.7 Å². The smallest absolute Gasteiger partial charge is 0.284 e. The van der Waals surface area contributed by atoms with Crippen LogP contribution in [0.2, 0.25) is 25.7 Å². The van der Waals surface area contributed by atoms with Gasteiger partial charge in [0.05, 0.1) is 6.10 Å². The molecule has 2 aliphatic rings. The lowest BCUT2D eigenvalue weighted by Gasteiger charge is -2.34. The van der Waals surface area contributed by atoms with Gasteiger partial charge in [0, 0.05) is 8.07 Å². The Morgan fingerprint density at radius 2 is 1.48 bits per heavy atom. The quantitative estimate of drug-likeness (QED) is 0.726. The molecule has 0 spiro atoms. The van der Waals surface area contributed by atoms with E-state index in [4.69, 9.17) is 4.43 Å². The van der Waals surface area contributed by atoms with Crippen molar-refractivity contribution in [3.05, 3.63) is 71.4 Å². The second kappa shape index (κ2) is 6.38. The van der Waals surface area contributed by atoms with Crippen LogP contribution in [0.1, 0.15) is 19.3 Å². The summed E-state index contributed by atoms with van der Waals surface area (Å²) in [5, 5.41) is 4.57. The predicted molar refractivity (Wildman–Crippen MR) is 112 cm³/mol. The van der Waals surface area contributed by atoms with Gasteiger partial charge in [-0.1, -0.05) is 80.3 Å². The lowest BCUT2D eigenvalue weighted by Crippen LogP contribution is -2.62. The van der Waals surface area contributed by atoms with Crippen molar-refractivity contribution >= 4 is 26.8 Å². The zero-order valence-electron chi connectivity index (χ0n) is 15.6. The van der Waals surface area contributed by atoms with E-state index in [9.17, 15) is 0 Å². The van der Waals surface area contributed by atoms with Crippen LogP contribution in [0.15, 0.2) is 71.4 Å². The molecule has 130 valence electrons. The van der Waals surface area contributed by atoms with Crippen molar-refractivity contribution in [1.29, 1.82) is 0 Å². The molecule has 25 heavy (non-hydrogen) atoms. The van der Waals surface area contributed by atoms with Gasteiger partial charge in [0.25, 0.3) is 8.32 Å². The van der Waals surface area contributed by atoms with Crippen molar-refractivity contribution < 1.29 is 4.43 Å². The van der Waals surface area contributed by atoms with Gasteiger partial charge in [-0.3, -0.25) is 0 Å². The van der Waals surface area contributed by atoms with Gasteiger partial charge in [0.15, 0.2) is 0 Å². The fraction of sp³-hybridized carbons (Fsp3) is 0.364. The molecule has 0 saturated heterocycles. The van der Waals surface area contributed by atoms with Crippen LogP contribution in [0.5, 0.6) is 0 Å². The molecule has 1 fully saturated rings. The monoisotopic (exact) mass is 364 g/mol. The van der Waals surface area contributed by atoms with E-state index in [-0.39, 0.29) is 0 Å². The lowest BCUT2D eigenvalue weighted by atomic mass is 10.2. The number of allylic oxidation sites excluding steroid dienone is 1. The Bertz CT molecular complexity index is 735. The molecule has 0 N–H and O–H groups in total. The number of fused-ring (bicyclic) bond motifs is 1. The molecule has 0 bridgehead atoms. The lowest BCUT2D eigenvalue weighted by molar-refractivity contribution is 0.258. The van der Waals surface area contributed by atoms with Gasteiger partial charge in [-0.2, -0.15) is 0 Å². The van der Waals surface area contributed by atoms with Gasteiger partial charge in [-0.25, -0.2) is 0 Å². The Balaban J connectivity index is 1.96. The minimum Gasteiger partial charge on any atom is -0.398 e. The molecule has 1 aliphatic carbocycles. The van der Waals surface area contributed by atoms with E-state index >= 15 is 0 Å². The molecule has 0 amide bonds. The summed E-state index contributed by atoms with van der Waals surface area (Å²) in [5.74, 6) is 0. The van der Waals surface area contributed by atoms with Crippen LogP contribution in [0.25, 0.3) is 0 Å². The van der Waals surface area contributed by atoms with E-state index in [1.54, 1.807) is 10.8 Å². The molecular formula is C22H28OSi2. The molecule has 1 saturated carbocycles.